The lowest BCUT2D eigenvalue weighted by Crippen LogP contribution is -2.60. The summed E-state index contributed by atoms with van der Waals surface area (Å²) in [6.45, 7) is 17.5. The van der Waals surface area contributed by atoms with E-state index in [2.05, 4.69) is 32.2 Å². The lowest BCUT2D eigenvalue weighted by Gasteiger charge is -2.36. The molecule has 2 aliphatic carbocycles. The van der Waals surface area contributed by atoms with E-state index in [0.717, 1.165) is 11.1 Å². The van der Waals surface area contributed by atoms with E-state index in [-0.39, 0.29) is 19.4 Å². The molecule has 2 aromatic rings. The SMILES string of the molecule is C=CC1C[C@]1(NC(=O)[C@@H]1C[C@@H](OC(=O)Nc2ccccc2C)CN1C(=O)[C@@H](NC(=O)OC(C)(C)C)C(C)(C)C)C(=O)NS(=O)(=O)C1CC1.Cc1ccccc1N=C=O. The Balaban J connectivity index is 0.000000648. The fraction of sp³-hybridized carbons (Fsp3) is 0.512. The van der Waals surface area contributed by atoms with E-state index in [1.165, 1.54) is 17.1 Å². The van der Waals surface area contributed by atoms with Crippen molar-refractivity contribution in [3.8, 4) is 0 Å². The summed E-state index contributed by atoms with van der Waals surface area (Å²) < 4.78 is 38.3. The molecule has 2 aromatic carbocycles. The number of para-hydroxylation sites is 2. The number of carbonyl (C=O) groups is 5. The summed E-state index contributed by atoms with van der Waals surface area (Å²) in [6.07, 6.45) is 1.26. The van der Waals surface area contributed by atoms with E-state index in [9.17, 15) is 37.2 Å². The average molecular weight is 823 g/mol. The Labute approximate surface area is 339 Å². The lowest BCUT2D eigenvalue weighted by atomic mass is 9.85. The molecule has 17 heteroatoms. The number of hydrogen-bond acceptors (Lipinski definition) is 11. The van der Waals surface area contributed by atoms with Gasteiger partial charge in [-0.1, -0.05) is 63.2 Å². The fourth-order valence-electron chi connectivity index (χ4n) is 6.38. The van der Waals surface area contributed by atoms with Crippen LogP contribution in [0.15, 0.2) is 66.2 Å². The summed E-state index contributed by atoms with van der Waals surface area (Å²) in [4.78, 5) is 81.8. The van der Waals surface area contributed by atoms with Gasteiger partial charge in [0, 0.05) is 18.0 Å². The molecule has 58 heavy (non-hydrogen) atoms. The van der Waals surface area contributed by atoms with Crippen molar-refractivity contribution in [2.45, 2.75) is 116 Å². The maximum Gasteiger partial charge on any atom is 0.411 e. The molecule has 5 rings (SSSR count). The van der Waals surface area contributed by atoms with Gasteiger partial charge in [0.15, 0.2) is 0 Å². The lowest BCUT2D eigenvalue weighted by molar-refractivity contribution is -0.143. The fourth-order valence-corrected chi connectivity index (χ4v) is 7.74. The summed E-state index contributed by atoms with van der Waals surface area (Å²) >= 11 is 0. The van der Waals surface area contributed by atoms with Gasteiger partial charge in [-0.3, -0.25) is 24.4 Å². The second-order valence-corrected chi connectivity index (χ2v) is 18.8. The molecule has 2 saturated carbocycles. The quantitative estimate of drug-likeness (QED) is 0.134. The Morgan fingerprint density at radius 2 is 1.59 bits per heavy atom. The molecule has 5 amide bonds. The average Bonchev–Trinajstić information content (AvgIpc) is 4.05. The van der Waals surface area contributed by atoms with Gasteiger partial charge in [0.1, 0.15) is 29.3 Å². The van der Waals surface area contributed by atoms with Crippen LogP contribution in [0, 0.1) is 25.2 Å². The van der Waals surface area contributed by atoms with Crippen LogP contribution in [-0.2, 0) is 38.7 Å². The maximum atomic E-state index is 14.2. The Morgan fingerprint density at radius 1 is 0.966 bits per heavy atom. The molecule has 3 aliphatic rings. The second kappa shape index (κ2) is 17.9. The Kier molecular flexibility index (Phi) is 14.0. The van der Waals surface area contributed by atoms with Gasteiger partial charge in [-0.15, -0.1) is 6.58 Å². The van der Waals surface area contributed by atoms with E-state index in [1.54, 1.807) is 59.7 Å². The van der Waals surface area contributed by atoms with Crippen molar-refractivity contribution in [2.24, 2.45) is 16.3 Å². The molecule has 1 aliphatic heterocycles. The number of aryl methyl sites for hydroxylation is 2. The standard InChI is InChI=1S/C33H47N5O9S.C8H7NO/c1-9-20-17-33(20,28(41)37-48(44,45)22-14-15-22)36-26(39)24-16-21(46-29(42)34-23-13-11-10-12-19(23)2)18-38(24)27(40)25(31(3,4)5)35-30(43)47-32(6,7)8;1-7-4-2-3-5-8(7)9-6-10/h9-13,20-22,24-25H,1,14-18H2,2-8H3,(H,34,42)(H,35,43)(H,36,39)(H,37,41);2-5H,1H3/t20?,21-,24+,25-,33-;/m1./s1. The van der Waals surface area contributed by atoms with Crippen LogP contribution >= 0.6 is 0 Å². The number of carbonyl (C=O) groups excluding carboxylic acids is 6. The minimum atomic E-state index is -3.91. The van der Waals surface area contributed by atoms with Crippen molar-refractivity contribution in [3.05, 3.63) is 72.3 Å². The predicted molar refractivity (Wildman–Crippen MR) is 216 cm³/mol. The zero-order chi connectivity index (χ0) is 43.2. The number of anilines is 1. The smallest absolute Gasteiger partial charge is 0.411 e. The molecule has 314 valence electrons. The van der Waals surface area contributed by atoms with Crippen LogP contribution in [0.1, 0.15) is 78.4 Å². The van der Waals surface area contributed by atoms with Crippen molar-refractivity contribution in [1.82, 2.24) is 20.3 Å². The number of amides is 5. The van der Waals surface area contributed by atoms with Crippen molar-refractivity contribution in [2.75, 3.05) is 11.9 Å². The third-order valence-corrected chi connectivity index (χ3v) is 11.6. The normalized spacial score (nSPS) is 21.7. The summed E-state index contributed by atoms with van der Waals surface area (Å²) in [6, 6.07) is 12.1. The largest absolute Gasteiger partial charge is 0.444 e. The zero-order valence-corrected chi connectivity index (χ0v) is 35.0. The number of benzene rings is 2. The van der Waals surface area contributed by atoms with Crippen molar-refractivity contribution in [1.29, 1.82) is 0 Å². The van der Waals surface area contributed by atoms with E-state index < -0.39 is 85.8 Å². The van der Waals surface area contributed by atoms with Crippen LogP contribution in [0.3, 0.4) is 0 Å². The molecule has 1 unspecified atom stereocenters. The molecule has 5 atom stereocenters. The number of rotatable bonds is 11. The molecule has 0 radical (unpaired) electrons. The summed E-state index contributed by atoms with van der Waals surface area (Å²) in [7, 11) is -3.91. The van der Waals surface area contributed by atoms with Crippen LogP contribution in [0.2, 0.25) is 0 Å². The van der Waals surface area contributed by atoms with Gasteiger partial charge in [-0.05, 0) is 82.6 Å². The minimum Gasteiger partial charge on any atom is -0.444 e. The highest BCUT2D eigenvalue weighted by molar-refractivity contribution is 7.91. The number of sulfonamides is 1. The number of aliphatic imine (C=N–C) groups is 1. The van der Waals surface area contributed by atoms with Gasteiger partial charge in [-0.25, -0.2) is 22.8 Å². The third kappa shape index (κ3) is 11.8. The van der Waals surface area contributed by atoms with Crippen molar-refractivity contribution in [3.63, 3.8) is 0 Å². The van der Waals surface area contributed by atoms with Crippen molar-refractivity contribution < 1.29 is 46.7 Å². The summed E-state index contributed by atoms with van der Waals surface area (Å²) in [5.74, 6) is -2.82. The maximum absolute atomic E-state index is 14.2. The zero-order valence-electron chi connectivity index (χ0n) is 34.2. The molecule has 0 spiro atoms. The van der Waals surface area contributed by atoms with E-state index >= 15 is 0 Å². The third-order valence-electron chi connectivity index (χ3n) is 9.81. The number of likely N-dealkylation sites (tertiary alicyclic amines) is 1. The molecule has 1 saturated heterocycles. The van der Waals surface area contributed by atoms with Gasteiger partial charge in [0.05, 0.1) is 17.5 Å². The van der Waals surface area contributed by atoms with Gasteiger partial charge in [0.2, 0.25) is 27.9 Å². The van der Waals surface area contributed by atoms with Gasteiger partial charge in [0.25, 0.3) is 5.91 Å². The van der Waals surface area contributed by atoms with Gasteiger partial charge < -0.3 is 25.0 Å². The van der Waals surface area contributed by atoms with Crippen molar-refractivity contribution >= 4 is 57.4 Å². The van der Waals surface area contributed by atoms with Gasteiger partial charge >= 0.3 is 12.2 Å². The highest BCUT2D eigenvalue weighted by Gasteiger charge is 2.62. The second-order valence-electron chi connectivity index (χ2n) is 16.8. The first-order chi connectivity index (χ1) is 27.0. The molecular weight excluding hydrogens is 769 g/mol. The number of nitrogens with one attached hydrogen (secondary N) is 4. The topological polar surface area (TPSA) is 219 Å². The number of ether oxygens (including phenoxy) is 2. The molecule has 0 aromatic heterocycles. The van der Waals surface area contributed by atoms with Crippen LogP contribution < -0.4 is 20.7 Å². The first-order valence-electron chi connectivity index (χ1n) is 19.0. The number of hydrogen-bond donors (Lipinski definition) is 4. The first kappa shape index (κ1) is 45.2. The van der Waals surface area contributed by atoms with Crippen LogP contribution in [0.4, 0.5) is 21.0 Å². The first-order valence-corrected chi connectivity index (χ1v) is 20.5. The van der Waals surface area contributed by atoms with E-state index in [4.69, 9.17) is 9.47 Å². The molecule has 0 bridgehead atoms. The monoisotopic (exact) mass is 822 g/mol. The van der Waals surface area contributed by atoms with Crippen LogP contribution in [0.5, 0.6) is 0 Å². The predicted octanol–water partition coefficient (Wildman–Crippen LogP) is 5.08. The molecular formula is C41H54N6O10S. The van der Waals surface area contributed by atoms with Crippen LogP contribution in [-0.4, -0.2) is 90.4 Å². The highest BCUT2D eigenvalue weighted by Crippen LogP contribution is 2.45. The van der Waals surface area contributed by atoms with E-state index in [0.29, 0.717) is 24.2 Å². The Hall–Kier alpha value is -5.54. The number of alkyl carbamates (subject to hydrolysis) is 1. The highest BCUT2D eigenvalue weighted by atomic mass is 32.2. The number of isocyanates is 1. The minimum absolute atomic E-state index is 0.110. The Morgan fingerprint density at radius 3 is 2.12 bits per heavy atom. The molecule has 16 nitrogen and oxygen atoms in total. The van der Waals surface area contributed by atoms with Crippen LogP contribution in [0.25, 0.3) is 0 Å². The summed E-state index contributed by atoms with van der Waals surface area (Å²) in [5.41, 5.74) is -0.278. The molecule has 3 fully saturated rings. The number of nitrogens with zero attached hydrogens (tertiary/aromatic N) is 2. The van der Waals surface area contributed by atoms with E-state index in [1.807, 2.05) is 44.2 Å². The molecule has 1 heterocycles. The Bertz CT molecular complexity index is 2070. The molecule has 4 N–H and O–H groups in total. The summed E-state index contributed by atoms with van der Waals surface area (Å²) in [5, 5.41) is 7.35. The van der Waals surface area contributed by atoms with Gasteiger partial charge in [-0.2, -0.15) is 4.99 Å².